The minimum absolute atomic E-state index is 0.00636. The number of rotatable bonds is 7. The topological polar surface area (TPSA) is 142 Å². The Morgan fingerprint density at radius 2 is 1.79 bits per heavy atom. The lowest BCUT2D eigenvalue weighted by molar-refractivity contribution is -0.142. The highest BCUT2D eigenvalue weighted by Crippen LogP contribution is 2.65. The van der Waals surface area contributed by atoms with Crippen LogP contribution in [0.25, 0.3) is 0 Å². The van der Waals surface area contributed by atoms with Gasteiger partial charge in [-0.15, -0.1) is 0 Å². The van der Waals surface area contributed by atoms with Crippen molar-refractivity contribution >= 4 is 51.2 Å². The van der Waals surface area contributed by atoms with Crippen molar-refractivity contribution in [3.05, 3.63) is 64.1 Å². The summed E-state index contributed by atoms with van der Waals surface area (Å²) in [6.45, 7) is 1.76. The van der Waals surface area contributed by atoms with Crippen LogP contribution >= 0.6 is 15.9 Å². The van der Waals surface area contributed by atoms with Crippen LogP contribution in [-0.4, -0.2) is 58.4 Å². The third kappa shape index (κ3) is 4.30. The monoisotopic (exact) mass is 650 g/mol. The predicted molar refractivity (Wildman–Crippen MR) is 157 cm³/mol. The second kappa shape index (κ2) is 10.6. The van der Waals surface area contributed by atoms with E-state index in [4.69, 9.17) is 9.84 Å². The number of methoxy groups -OCH3 is 1. The first-order valence-corrected chi connectivity index (χ1v) is 15.1. The second-order valence-electron chi connectivity index (χ2n) is 11.9. The van der Waals surface area contributed by atoms with Crippen LogP contribution < -0.4 is 9.64 Å². The molecule has 0 bridgehead atoms. The molecule has 11 heteroatoms. The molecule has 0 spiro atoms. The molecule has 0 unspecified atom stereocenters. The van der Waals surface area contributed by atoms with Crippen LogP contribution in [0.1, 0.15) is 44.1 Å². The molecule has 2 heterocycles. The molecule has 4 aliphatic rings. The van der Waals surface area contributed by atoms with Gasteiger partial charge in [0, 0.05) is 28.9 Å². The molecular weight excluding hydrogens is 620 g/mol. The van der Waals surface area contributed by atoms with Gasteiger partial charge in [0.05, 0.1) is 36.0 Å². The number of phenols is 1. The smallest absolute Gasteiger partial charge is 0.303 e. The van der Waals surface area contributed by atoms with Crippen molar-refractivity contribution in [3.8, 4) is 11.5 Å². The van der Waals surface area contributed by atoms with E-state index >= 15 is 0 Å². The van der Waals surface area contributed by atoms with Gasteiger partial charge in [-0.25, -0.2) is 4.90 Å². The molecule has 2 N–H and O–H groups in total. The zero-order valence-electron chi connectivity index (χ0n) is 23.7. The number of carbonyl (C=O) groups excluding carboxylic acids is 4. The van der Waals surface area contributed by atoms with Gasteiger partial charge >= 0.3 is 5.97 Å². The van der Waals surface area contributed by atoms with Crippen molar-refractivity contribution in [1.82, 2.24) is 4.90 Å². The maximum atomic E-state index is 14.4. The number of ether oxygens (including phenoxy) is 1. The van der Waals surface area contributed by atoms with Gasteiger partial charge in [0.2, 0.25) is 23.6 Å². The predicted octanol–water partition coefficient (Wildman–Crippen LogP) is 4.26. The Labute approximate surface area is 256 Å². The number of imide groups is 2. The fourth-order valence-corrected chi connectivity index (χ4v) is 8.28. The number of carboxylic acids is 1. The maximum absolute atomic E-state index is 14.4. The van der Waals surface area contributed by atoms with E-state index in [1.807, 2.05) is 6.08 Å². The Bertz CT molecular complexity index is 1590. The number of fused-ring (bicyclic) bond motifs is 4. The SMILES string of the molecule is COc1cc(Br)cc([C@H]2C3=CC[C@@H]4C(=O)N(CCCC(=O)O)C(=O)[C@@H]4[C@@H]3C[C@H]3C(=O)N(c4ccccc4)C(=O)[C@@]23C)c1O. The molecule has 43 heavy (non-hydrogen) atoms. The molecule has 1 saturated carbocycles. The summed E-state index contributed by atoms with van der Waals surface area (Å²) in [5.41, 5.74) is 0.256. The molecule has 2 aromatic carbocycles. The largest absolute Gasteiger partial charge is 0.504 e. The van der Waals surface area contributed by atoms with Crippen LogP contribution in [-0.2, 0) is 24.0 Å². The quantitative estimate of drug-likeness (QED) is 0.334. The number of allylic oxidation sites excluding steroid dienone is 2. The van der Waals surface area contributed by atoms with Crippen LogP contribution in [0.4, 0.5) is 5.69 Å². The molecule has 224 valence electrons. The van der Waals surface area contributed by atoms with E-state index in [9.17, 15) is 29.1 Å². The van der Waals surface area contributed by atoms with E-state index < -0.39 is 46.9 Å². The highest BCUT2D eigenvalue weighted by molar-refractivity contribution is 9.10. The Kier molecular flexibility index (Phi) is 7.19. The van der Waals surface area contributed by atoms with Crippen LogP contribution in [0, 0.1) is 29.1 Å². The van der Waals surface area contributed by atoms with Crippen molar-refractivity contribution < 1.29 is 38.9 Å². The summed E-state index contributed by atoms with van der Waals surface area (Å²) in [5.74, 6) is -6.06. The third-order valence-corrected chi connectivity index (χ3v) is 10.2. The minimum atomic E-state index is -1.31. The normalized spacial score (nSPS) is 29.7. The molecule has 10 nitrogen and oxygen atoms in total. The average Bonchev–Trinajstić information content (AvgIpc) is 3.34. The Hall–Kier alpha value is -3.99. The number of hydrogen-bond acceptors (Lipinski definition) is 7. The number of carbonyl (C=O) groups is 5. The van der Waals surface area contributed by atoms with E-state index in [0.29, 0.717) is 15.7 Å². The lowest BCUT2D eigenvalue weighted by Gasteiger charge is -2.49. The van der Waals surface area contributed by atoms with E-state index in [0.717, 1.165) is 10.5 Å². The molecule has 2 aromatic rings. The highest BCUT2D eigenvalue weighted by atomic mass is 79.9. The summed E-state index contributed by atoms with van der Waals surface area (Å²) in [5, 5.41) is 20.5. The Morgan fingerprint density at radius 3 is 2.47 bits per heavy atom. The number of carboxylic acid groups (broad SMARTS) is 1. The molecule has 4 amide bonds. The Morgan fingerprint density at radius 1 is 1.07 bits per heavy atom. The van der Waals surface area contributed by atoms with Gasteiger partial charge in [0.25, 0.3) is 0 Å². The summed E-state index contributed by atoms with van der Waals surface area (Å²) < 4.78 is 6.04. The first-order valence-electron chi connectivity index (χ1n) is 14.3. The fourth-order valence-electron chi connectivity index (χ4n) is 7.83. The van der Waals surface area contributed by atoms with Gasteiger partial charge in [-0.2, -0.15) is 0 Å². The van der Waals surface area contributed by atoms with E-state index in [1.165, 1.54) is 12.0 Å². The van der Waals surface area contributed by atoms with Crippen molar-refractivity contribution in [2.75, 3.05) is 18.6 Å². The molecule has 2 aliphatic heterocycles. The zero-order chi connectivity index (χ0) is 30.8. The molecule has 2 saturated heterocycles. The summed E-state index contributed by atoms with van der Waals surface area (Å²) in [6.07, 6.45) is 2.31. The van der Waals surface area contributed by atoms with Gasteiger partial charge in [-0.3, -0.25) is 28.9 Å². The maximum Gasteiger partial charge on any atom is 0.303 e. The zero-order valence-corrected chi connectivity index (χ0v) is 25.2. The molecular formula is C32H31BrN2O8. The first kappa shape index (κ1) is 29.1. The van der Waals surface area contributed by atoms with Gasteiger partial charge in [0.15, 0.2) is 11.5 Å². The van der Waals surface area contributed by atoms with Gasteiger partial charge in [0.1, 0.15) is 0 Å². The highest BCUT2D eigenvalue weighted by Gasteiger charge is 2.68. The summed E-state index contributed by atoms with van der Waals surface area (Å²) >= 11 is 3.49. The van der Waals surface area contributed by atoms with E-state index in [2.05, 4.69) is 15.9 Å². The molecule has 2 aliphatic carbocycles. The third-order valence-electron chi connectivity index (χ3n) is 9.75. The molecule has 0 aromatic heterocycles. The number of hydrogen-bond donors (Lipinski definition) is 2. The lowest BCUT2D eigenvalue weighted by Crippen LogP contribution is -2.49. The van der Waals surface area contributed by atoms with Crippen molar-refractivity contribution in [2.24, 2.45) is 29.1 Å². The fraction of sp³-hybridized carbons (Fsp3) is 0.406. The number of para-hydroxylation sites is 1. The van der Waals surface area contributed by atoms with Crippen LogP contribution in [0.5, 0.6) is 11.5 Å². The average molecular weight is 652 g/mol. The van der Waals surface area contributed by atoms with Crippen LogP contribution in [0.15, 0.2) is 58.6 Å². The molecule has 3 fully saturated rings. The lowest BCUT2D eigenvalue weighted by atomic mass is 9.51. The number of anilines is 1. The van der Waals surface area contributed by atoms with Crippen molar-refractivity contribution in [2.45, 2.75) is 38.5 Å². The van der Waals surface area contributed by atoms with Crippen molar-refractivity contribution in [1.29, 1.82) is 0 Å². The number of phenolic OH excluding ortho intramolecular Hbond substituents is 1. The summed E-state index contributed by atoms with van der Waals surface area (Å²) in [6, 6.07) is 12.0. The van der Waals surface area contributed by atoms with Crippen molar-refractivity contribution in [3.63, 3.8) is 0 Å². The first-order chi connectivity index (χ1) is 20.5. The summed E-state index contributed by atoms with van der Waals surface area (Å²) in [4.78, 5) is 69.3. The number of aliphatic carboxylic acids is 1. The minimum Gasteiger partial charge on any atom is -0.504 e. The number of likely N-dealkylation sites (tertiary alicyclic amines) is 1. The van der Waals surface area contributed by atoms with Gasteiger partial charge in [-0.1, -0.05) is 45.8 Å². The van der Waals surface area contributed by atoms with Crippen LogP contribution in [0.3, 0.4) is 0 Å². The standard InChI is InChI=1S/C32H31BrN2O8/c1-32-22(29(40)35(31(32)42)17-7-4-3-5-8-17)15-20-18(26(32)21-13-16(33)14-23(43-2)27(21)38)10-11-19-25(20)30(41)34(28(19)39)12-6-9-24(36)37/h3-5,7-8,10,13-14,19-20,22,25-26,38H,6,9,11-12,15H2,1-2H3,(H,36,37)/t19-,20+,22-,25-,26+,32+/m0/s1. The van der Waals surface area contributed by atoms with Gasteiger partial charge < -0.3 is 14.9 Å². The van der Waals surface area contributed by atoms with E-state index in [-0.39, 0.29) is 61.4 Å². The Balaban J connectivity index is 1.49. The number of amides is 4. The molecule has 6 rings (SSSR count). The summed E-state index contributed by atoms with van der Waals surface area (Å²) in [7, 11) is 1.42. The van der Waals surface area contributed by atoms with Gasteiger partial charge in [-0.05, 0) is 56.4 Å². The number of halogens is 1. The van der Waals surface area contributed by atoms with Crippen LogP contribution in [0.2, 0.25) is 0 Å². The molecule has 0 radical (unpaired) electrons. The number of benzene rings is 2. The van der Waals surface area contributed by atoms with E-state index in [1.54, 1.807) is 49.4 Å². The second-order valence-corrected chi connectivity index (χ2v) is 12.8. The molecule has 6 atom stereocenters. The number of nitrogens with zero attached hydrogens (tertiary/aromatic N) is 2. The number of aromatic hydroxyl groups is 1.